The summed E-state index contributed by atoms with van der Waals surface area (Å²) in [7, 11) is 0. The van der Waals surface area contributed by atoms with E-state index < -0.39 is 41.7 Å². The number of likely N-dealkylation sites (tertiary alicyclic amines) is 1. The Morgan fingerprint density at radius 2 is 2.14 bits per heavy atom. The second kappa shape index (κ2) is 7.98. The lowest BCUT2D eigenvalue weighted by Crippen LogP contribution is -2.55. The predicted molar refractivity (Wildman–Crippen MR) is 93.7 cm³/mol. The first-order chi connectivity index (χ1) is 13.3. The molecule has 3 rings (SSSR count). The summed E-state index contributed by atoms with van der Waals surface area (Å²) in [6.45, 7) is 0.337. The highest BCUT2D eigenvalue weighted by molar-refractivity contribution is 6.45. The maximum absolute atomic E-state index is 13.0. The number of carbonyl (C=O) groups is 5. The minimum atomic E-state index is -1.06. The molecule has 0 aliphatic carbocycles. The maximum atomic E-state index is 13.0. The van der Waals surface area contributed by atoms with Crippen LogP contribution in [-0.4, -0.2) is 68.9 Å². The van der Waals surface area contributed by atoms with Gasteiger partial charge in [0.15, 0.2) is 0 Å². The first-order valence-corrected chi connectivity index (χ1v) is 8.64. The van der Waals surface area contributed by atoms with Crippen molar-refractivity contribution in [2.75, 3.05) is 6.54 Å². The summed E-state index contributed by atoms with van der Waals surface area (Å²) in [4.78, 5) is 71.5. The average Bonchev–Trinajstić information content (AvgIpc) is 3.31. The van der Waals surface area contributed by atoms with E-state index in [0.717, 1.165) is 0 Å². The minimum Gasteiger partial charge on any atom is -0.368 e. The molecule has 6 amide bonds. The number of rotatable bonds is 6. The highest BCUT2D eigenvalue weighted by Crippen LogP contribution is 2.19. The first kappa shape index (κ1) is 19.2. The summed E-state index contributed by atoms with van der Waals surface area (Å²) in [6.07, 6.45) is 3.68. The summed E-state index contributed by atoms with van der Waals surface area (Å²) in [5, 5.41) is 4.46. The Kier molecular flexibility index (Phi) is 5.47. The molecule has 0 aromatic carbocycles. The van der Waals surface area contributed by atoms with E-state index in [-0.39, 0.29) is 18.6 Å². The van der Waals surface area contributed by atoms with Crippen molar-refractivity contribution in [3.8, 4) is 0 Å². The number of imide groups is 1. The van der Waals surface area contributed by atoms with E-state index in [1.54, 1.807) is 0 Å². The van der Waals surface area contributed by atoms with Crippen molar-refractivity contribution in [3.05, 3.63) is 18.2 Å². The van der Waals surface area contributed by atoms with E-state index in [2.05, 4.69) is 20.3 Å². The zero-order valence-electron chi connectivity index (χ0n) is 14.8. The molecule has 28 heavy (non-hydrogen) atoms. The highest BCUT2D eigenvalue weighted by Gasteiger charge is 2.37. The Morgan fingerprint density at radius 1 is 1.36 bits per heavy atom. The third-order valence-corrected chi connectivity index (χ3v) is 4.52. The van der Waals surface area contributed by atoms with Crippen molar-refractivity contribution < 1.29 is 24.0 Å². The number of primary amides is 1. The van der Waals surface area contributed by atoms with Crippen molar-refractivity contribution in [1.82, 2.24) is 25.5 Å². The number of aliphatic imine (C=N–C) groups is 1. The van der Waals surface area contributed by atoms with Gasteiger partial charge >= 0.3 is 6.03 Å². The van der Waals surface area contributed by atoms with Gasteiger partial charge in [0.1, 0.15) is 17.8 Å². The van der Waals surface area contributed by atoms with Gasteiger partial charge in [0.25, 0.3) is 5.91 Å². The van der Waals surface area contributed by atoms with Gasteiger partial charge in [0, 0.05) is 24.9 Å². The zero-order valence-corrected chi connectivity index (χ0v) is 14.8. The van der Waals surface area contributed by atoms with Crippen LogP contribution in [0.1, 0.15) is 25.0 Å². The van der Waals surface area contributed by atoms with Crippen LogP contribution in [0.4, 0.5) is 4.79 Å². The van der Waals surface area contributed by atoms with E-state index in [4.69, 9.17) is 5.73 Å². The molecular weight excluding hydrogens is 370 g/mol. The molecule has 0 radical (unpaired) electrons. The third kappa shape index (κ3) is 4.22. The number of nitrogens with two attached hydrogens (primary N) is 1. The number of H-pyrrole nitrogens is 1. The van der Waals surface area contributed by atoms with Gasteiger partial charge in [-0.25, -0.2) is 9.78 Å². The Morgan fingerprint density at radius 3 is 2.79 bits per heavy atom. The molecule has 0 saturated carbocycles. The van der Waals surface area contributed by atoms with Crippen molar-refractivity contribution in [2.45, 2.75) is 37.8 Å². The standard InChI is InChI=1S/C16H19N7O5/c17-13(25)11-2-1-3-23(11)15(27)10(4-8-6-18-7-19-8)20-14(26)9-5-12(24)22-16(28)21-9/h6-7,10-11H,1-5H2,(H2,17,25)(H,18,19)(H,20,26)(H,22,24,28)/t10-,11-/m0/s1. The largest absolute Gasteiger partial charge is 0.368 e. The normalized spacial score (nSPS) is 20.4. The minimum absolute atomic E-state index is 0.0694. The molecular formula is C16H19N7O5. The zero-order chi connectivity index (χ0) is 20.3. The van der Waals surface area contributed by atoms with Gasteiger partial charge in [0.05, 0.1) is 12.7 Å². The number of aromatic nitrogens is 2. The highest BCUT2D eigenvalue weighted by atomic mass is 16.2. The van der Waals surface area contributed by atoms with Gasteiger partial charge in [-0.2, -0.15) is 4.99 Å². The molecule has 12 nitrogen and oxygen atoms in total. The average molecular weight is 389 g/mol. The summed E-state index contributed by atoms with van der Waals surface area (Å²) in [5.41, 5.74) is 5.66. The van der Waals surface area contributed by atoms with Crippen LogP contribution >= 0.6 is 0 Å². The first-order valence-electron chi connectivity index (χ1n) is 8.64. The van der Waals surface area contributed by atoms with E-state index in [1.807, 2.05) is 5.32 Å². The van der Waals surface area contributed by atoms with Gasteiger partial charge in [-0.15, -0.1) is 0 Å². The molecule has 5 N–H and O–H groups in total. The van der Waals surface area contributed by atoms with Crippen LogP contribution in [0.3, 0.4) is 0 Å². The molecule has 3 heterocycles. The van der Waals surface area contributed by atoms with E-state index in [0.29, 0.717) is 25.1 Å². The van der Waals surface area contributed by atoms with Gasteiger partial charge in [-0.1, -0.05) is 0 Å². The number of hydrogen-bond donors (Lipinski definition) is 4. The fourth-order valence-corrected chi connectivity index (χ4v) is 3.22. The topological polar surface area (TPSA) is 180 Å². The number of aromatic amines is 1. The van der Waals surface area contributed by atoms with E-state index >= 15 is 0 Å². The smallest absolute Gasteiger partial charge is 0.348 e. The van der Waals surface area contributed by atoms with Crippen molar-refractivity contribution >= 4 is 35.4 Å². The molecule has 1 aromatic heterocycles. The number of nitrogens with zero attached hydrogens (tertiary/aromatic N) is 3. The Bertz CT molecular complexity index is 848. The Balaban J connectivity index is 1.80. The molecule has 2 aliphatic heterocycles. The number of hydrogen-bond acceptors (Lipinski definition) is 6. The lowest BCUT2D eigenvalue weighted by Gasteiger charge is -2.27. The fraction of sp³-hybridized carbons (Fsp3) is 0.438. The van der Waals surface area contributed by atoms with Crippen molar-refractivity contribution in [3.63, 3.8) is 0 Å². The molecule has 12 heteroatoms. The second-order valence-electron chi connectivity index (χ2n) is 6.49. The molecule has 1 aromatic rings. The van der Waals surface area contributed by atoms with Crippen LogP contribution in [0, 0.1) is 0 Å². The van der Waals surface area contributed by atoms with Crippen molar-refractivity contribution in [1.29, 1.82) is 0 Å². The predicted octanol–water partition coefficient (Wildman–Crippen LogP) is -2.01. The molecule has 148 valence electrons. The Labute approximate surface area is 158 Å². The van der Waals surface area contributed by atoms with Crippen LogP contribution in [0.15, 0.2) is 17.5 Å². The van der Waals surface area contributed by atoms with Crippen LogP contribution in [0.25, 0.3) is 0 Å². The van der Waals surface area contributed by atoms with E-state index in [9.17, 15) is 24.0 Å². The van der Waals surface area contributed by atoms with Crippen LogP contribution < -0.4 is 16.4 Å². The molecule has 0 unspecified atom stereocenters. The molecule has 0 spiro atoms. The molecule has 0 bridgehead atoms. The van der Waals surface area contributed by atoms with Gasteiger partial charge in [-0.05, 0) is 12.8 Å². The summed E-state index contributed by atoms with van der Waals surface area (Å²) >= 11 is 0. The van der Waals surface area contributed by atoms with E-state index in [1.165, 1.54) is 17.4 Å². The summed E-state index contributed by atoms with van der Waals surface area (Å²) in [5.74, 6) is -2.57. The number of nitrogens with one attached hydrogen (secondary N) is 3. The van der Waals surface area contributed by atoms with Gasteiger partial charge < -0.3 is 20.9 Å². The monoisotopic (exact) mass is 389 g/mol. The second-order valence-corrected chi connectivity index (χ2v) is 6.49. The fourth-order valence-electron chi connectivity index (χ4n) is 3.22. The van der Waals surface area contributed by atoms with Gasteiger partial charge in [-0.3, -0.25) is 24.5 Å². The molecule has 1 saturated heterocycles. The number of imidazole rings is 1. The lowest BCUT2D eigenvalue weighted by molar-refractivity contribution is -0.140. The van der Waals surface area contributed by atoms with Crippen LogP contribution in [0.2, 0.25) is 0 Å². The SMILES string of the molecule is NC(=O)[C@@H]1CCCN1C(=O)[C@H](Cc1cnc[nH]1)NC(=O)C1=NC(=O)NC(=O)C1. The summed E-state index contributed by atoms with van der Waals surface area (Å²) < 4.78 is 0. The number of urea groups is 1. The number of amides is 6. The molecule has 1 fully saturated rings. The lowest BCUT2D eigenvalue weighted by atomic mass is 10.1. The quantitative estimate of drug-likeness (QED) is 0.436. The number of carbonyl (C=O) groups excluding carboxylic acids is 5. The molecule has 2 atom stereocenters. The van der Waals surface area contributed by atoms with Gasteiger partial charge in [0.2, 0.25) is 17.7 Å². The Hall–Kier alpha value is -3.57. The molecule has 2 aliphatic rings. The van der Waals surface area contributed by atoms with Crippen molar-refractivity contribution in [2.24, 2.45) is 10.7 Å². The third-order valence-electron chi connectivity index (χ3n) is 4.52. The van der Waals surface area contributed by atoms with Crippen LogP contribution in [-0.2, 0) is 25.6 Å². The van der Waals surface area contributed by atoms with Crippen LogP contribution in [0.5, 0.6) is 0 Å². The summed E-state index contributed by atoms with van der Waals surface area (Å²) in [6, 6.07) is -2.74. The maximum Gasteiger partial charge on any atom is 0.348 e.